The van der Waals surface area contributed by atoms with Crippen LogP contribution in [0.3, 0.4) is 0 Å². The van der Waals surface area contributed by atoms with Gasteiger partial charge in [-0.2, -0.15) is 0 Å². The van der Waals surface area contributed by atoms with Gasteiger partial charge in [0, 0.05) is 32.5 Å². The fourth-order valence-corrected chi connectivity index (χ4v) is 5.65. The van der Waals surface area contributed by atoms with E-state index in [0.717, 1.165) is 5.56 Å². The van der Waals surface area contributed by atoms with Crippen molar-refractivity contribution in [1.29, 1.82) is 0 Å². The quantitative estimate of drug-likeness (QED) is 0.342. The molecule has 0 spiro atoms. The fraction of sp³-hybridized carbons (Fsp3) is 0.500. The van der Waals surface area contributed by atoms with Gasteiger partial charge in [-0.1, -0.05) is 13.0 Å². The van der Waals surface area contributed by atoms with Gasteiger partial charge < -0.3 is 19.1 Å². The minimum atomic E-state index is -4.15. The summed E-state index contributed by atoms with van der Waals surface area (Å²) in [6.45, 7) is 5.63. The number of nitrogens with one attached hydrogen (secondary N) is 1. The molecule has 3 heterocycles. The van der Waals surface area contributed by atoms with Crippen molar-refractivity contribution in [3.05, 3.63) is 47.8 Å². The molecule has 1 aromatic carbocycles. The largest absolute Gasteiger partial charge is 0.494 e. The number of methoxy groups -OCH3 is 2. The SMILES string of the molecule is CCCO[C@@H](c1ncc(C)cn1)[C@H](C)S(=O)(=O)Nc1nnc([C@@H]2CCC(=O)N2C)n1-c1c(OC)cccc1OC. The Balaban J connectivity index is 1.80. The Bertz CT molecular complexity index is 1420. The third kappa shape index (κ3) is 5.72. The molecule has 4 rings (SSSR count). The van der Waals surface area contributed by atoms with Crippen molar-refractivity contribution in [3.63, 3.8) is 0 Å². The van der Waals surface area contributed by atoms with E-state index in [1.54, 1.807) is 42.5 Å². The van der Waals surface area contributed by atoms with E-state index in [0.29, 0.717) is 48.9 Å². The van der Waals surface area contributed by atoms with Gasteiger partial charge in [-0.3, -0.25) is 14.1 Å². The molecule has 0 bridgehead atoms. The van der Waals surface area contributed by atoms with E-state index in [1.165, 1.54) is 25.7 Å². The Hall–Kier alpha value is -3.78. The number of sulfonamides is 1. The van der Waals surface area contributed by atoms with Crippen molar-refractivity contribution in [2.75, 3.05) is 32.6 Å². The number of rotatable bonds is 12. The lowest BCUT2D eigenvalue weighted by Crippen LogP contribution is -2.34. The normalized spacial score (nSPS) is 17.1. The van der Waals surface area contributed by atoms with Crippen LogP contribution in [0.5, 0.6) is 11.5 Å². The second-order valence-corrected chi connectivity index (χ2v) is 11.6. The Kier molecular flexibility index (Phi) is 8.88. The minimum Gasteiger partial charge on any atom is -0.494 e. The van der Waals surface area contributed by atoms with Gasteiger partial charge in [0.05, 0.1) is 20.3 Å². The van der Waals surface area contributed by atoms with Gasteiger partial charge in [0.1, 0.15) is 28.5 Å². The second kappa shape index (κ2) is 12.2. The number of amides is 1. The third-order valence-corrected chi connectivity index (χ3v) is 8.50. The zero-order valence-electron chi connectivity index (χ0n) is 23.5. The highest BCUT2D eigenvalue weighted by Gasteiger charge is 2.38. The Morgan fingerprint density at radius 2 is 1.77 bits per heavy atom. The first-order valence-corrected chi connectivity index (χ1v) is 14.5. The molecular weight excluding hydrogens is 538 g/mol. The van der Waals surface area contributed by atoms with Crippen LogP contribution in [0.15, 0.2) is 30.6 Å². The van der Waals surface area contributed by atoms with E-state index in [4.69, 9.17) is 14.2 Å². The van der Waals surface area contributed by atoms with Crippen LogP contribution in [0.25, 0.3) is 5.69 Å². The van der Waals surface area contributed by atoms with Crippen molar-refractivity contribution in [2.24, 2.45) is 0 Å². The molecule has 1 amide bonds. The van der Waals surface area contributed by atoms with Gasteiger partial charge in [0.2, 0.25) is 21.9 Å². The van der Waals surface area contributed by atoms with Gasteiger partial charge in [-0.25, -0.2) is 18.4 Å². The van der Waals surface area contributed by atoms with E-state index < -0.39 is 27.4 Å². The van der Waals surface area contributed by atoms with Crippen molar-refractivity contribution in [3.8, 4) is 17.2 Å². The molecule has 1 aliphatic heterocycles. The number of aromatic nitrogens is 5. The number of hydrogen-bond donors (Lipinski definition) is 1. The monoisotopic (exact) mass is 573 g/mol. The summed E-state index contributed by atoms with van der Waals surface area (Å²) in [6.07, 6.45) is 3.81. The Morgan fingerprint density at radius 3 is 2.33 bits per heavy atom. The van der Waals surface area contributed by atoms with Gasteiger partial charge >= 0.3 is 0 Å². The molecule has 14 heteroatoms. The maximum absolute atomic E-state index is 13.8. The summed E-state index contributed by atoms with van der Waals surface area (Å²) < 4.78 is 49.0. The van der Waals surface area contributed by atoms with E-state index in [-0.39, 0.29) is 17.7 Å². The van der Waals surface area contributed by atoms with E-state index >= 15 is 0 Å². The predicted octanol–water partition coefficient (Wildman–Crippen LogP) is 2.97. The average Bonchev–Trinajstić information content (AvgIpc) is 3.50. The molecular formula is C26H35N7O6S. The lowest BCUT2D eigenvalue weighted by atomic mass is 10.2. The molecule has 0 radical (unpaired) electrons. The van der Waals surface area contributed by atoms with Crippen molar-refractivity contribution in [2.45, 2.75) is 57.4 Å². The highest BCUT2D eigenvalue weighted by atomic mass is 32.2. The highest BCUT2D eigenvalue weighted by molar-refractivity contribution is 7.93. The molecule has 1 saturated heterocycles. The smallest absolute Gasteiger partial charge is 0.243 e. The fourth-order valence-electron chi connectivity index (χ4n) is 4.55. The molecule has 3 aromatic rings. The van der Waals surface area contributed by atoms with Crippen LogP contribution < -0.4 is 14.2 Å². The van der Waals surface area contributed by atoms with E-state index in [1.807, 2.05) is 13.8 Å². The first-order valence-electron chi connectivity index (χ1n) is 13.0. The average molecular weight is 574 g/mol. The minimum absolute atomic E-state index is 0.0451. The van der Waals surface area contributed by atoms with Crippen molar-refractivity contribution < 1.29 is 27.4 Å². The zero-order valence-corrected chi connectivity index (χ0v) is 24.3. The number of carbonyl (C=O) groups excluding carboxylic acids is 1. The molecule has 3 atom stereocenters. The number of benzene rings is 1. The molecule has 13 nitrogen and oxygen atoms in total. The number of hydrogen-bond acceptors (Lipinski definition) is 10. The van der Waals surface area contributed by atoms with Crippen LogP contribution in [0.2, 0.25) is 0 Å². The number of ether oxygens (including phenoxy) is 3. The van der Waals surface area contributed by atoms with Gasteiger partial charge in [-0.05, 0) is 44.4 Å². The van der Waals surface area contributed by atoms with Gasteiger partial charge in [-0.15, -0.1) is 10.2 Å². The summed E-state index contributed by atoms with van der Waals surface area (Å²) in [7, 11) is 0.530. The Morgan fingerprint density at radius 1 is 1.12 bits per heavy atom. The molecule has 0 unspecified atom stereocenters. The summed E-state index contributed by atoms with van der Waals surface area (Å²) in [5.74, 6) is 1.29. The number of nitrogens with zero attached hydrogens (tertiary/aromatic N) is 6. The summed E-state index contributed by atoms with van der Waals surface area (Å²) >= 11 is 0. The lowest BCUT2D eigenvalue weighted by molar-refractivity contribution is -0.127. The van der Waals surface area contributed by atoms with Crippen LogP contribution in [0.4, 0.5) is 5.95 Å². The topological polar surface area (TPSA) is 151 Å². The number of aryl methyl sites for hydroxylation is 1. The number of para-hydroxylation sites is 1. The maximum Gasteiger partial charge on any atom is 0.243 e. The number of likely N-dealkylation sites (tertiary alicyclic amines) is 1. The molecule has 0 aliphatic carbocycles. The molecule has 1 aliphatic rings. The van der Waals surface area contributed by atoms with Crippen molar-refractivity contribution >= 4 is 21.9 Å². The first-order chi connectivity index (χ1) is 19.1. The molecule has 2 aromatic heterocycles. The predicted molar refractivity (Wildman–Crippen MR) is 147 cm³/mol. The Labute approximate surface area is 233 Å². The maximum atomic E-state index is 13.8. The summed E-state index contributed by atoms with van der Waals surface area (Å²) in [4.78, 5) is 22.6. The van der Waals surface area contributed by atoms with Crippen LogP contribution in [-0.4, -0.2) is 77.1 Å². The van der Waals surface area contributed by atoms with Gasteiger partial charge in [0.25, 0.3) is 0 Å². The van der Waals surface area contributed by atoms with Crippen LogP contribution in [0.1, 0.15) is 62.5 Å². The van der Waals surface area contributed by atoms with Crippen LogP contribution >= 0.6 is 0 Å². The number of anilines is 1. The van der Waals surface area contributed by atoms with E-state index in [2.05, 4.69) is 24.9 Å². The lowest BCUT2D eigenvalue weighted by Gasteiger charge is -2.25. The molecule has 1 fully saturated rings. The van der Waals surface area contributed by atoms with Crippen molar-refractivity contribution in [1.82, 2.24) is 29.6 Å². The number of carbonyl (C=O) groups is 1. The molecule has 40 heavy (non-hydrogen) atoms. The van der Waals surface area contributed by atoms with E-state index in [9.17, 15) is 13.2 Å². The highest BCUT2D eigenvalue weighted by Crippen LogP contribution is 2.40. The molecule has 0 saturated carbocycles. The first kappa shape index (κ1) is 29.2. The molecule has 216 valence electrons. The standard InChI is InChI=1S/C26H35N7O6S/c1-7-13-39-23(24-27-14-16(2)15-28-24)17(3)40(35,36)31-26-30-29-25(18-11-12-21(34)32(18)4)33(26)22-19(37-5)9-8-10-20(22)38-6/h8-10,14-15,17-18,23H,7,11-13H2,1-6H3,(H,30,31)/t17-,18-,23+/m0/s1. The summed E-state index contributed by atoms with van der Waals surface area (Å²) in [6, 6.07) is 4.75. The van der Waals surface area contributed by atoms with Gasteiger partial charge in [0.15, 0.2) is 11.6 Å². The third-order valence-electron chi connectivity index (χ3n) is 6.81. The van der Waals surface area contributed by atoms with Crippen LogP contribution in [-0.2, 0) is 19.6 Å². The second-order valence-electron chi connectivity index (χ2n) is 9.55. The zero-order chi connectivity index (χ0) is 29.0. The molecule has 1 N–H and O–H groups in total. The summed E-state index contributed by atoms with van der Waals surface area (Å²) in [5.41, 5.74) is 1.24. The summed E-state index contributed by atoms with van der Waals surface area (Å²) in [5, 5.41) is 7.46. The van der Waals surface area contributed by atoms with Crippen LogP contribution in [0, 0.1) is 6.92 Å².